The Balaban J connectivity index is 2.33. The van der Waals surface area contributed by atoms with Crippen molar-refractivity contribution in [2.24, 2.45) is 0 Å². The highest BCUT2D eigenvalue weighted by molar-refractivity contribution is 7.99. The SMILES string of the molecule is COCCCSc1ccc(CNC(C)(C)C)cc1. The molecule has 1 rings (SSSR count). The van der Waals surface area contributed by atoms with Crippen LogP contribution in [0.4, 0.5) is 0 Å². The van der Waals surface area contributed by atoms with Crippen molar-refractivity contribution in [3.05, 3.63) is 29.8 Å². The average Bonchev–Trinajstić information content (AvgIpc) is 2.33. The van der Waals surface area contributed by atoms with Crippen LogP contribution in [0.15, 0.2) is 29.2 Å². The quantitative estimate of drug-likeness (QED) is 0.601. The van der Waals surface area contributed by atoms with Crippen molar-refractivity contribution in [2.45, 2.75) is 44.2 Å². The van der Waals surface area contributed by atoms with Crippen molar-refractivity contribution in [2.75, 3.05) is 19.5 Å². The van der Waals surface area contributed by atoms with E-state index in [1.54, 1.807) is 7.11 Å². The molecule has 0 bridgehead atoms. The van der Waals surface area contributed by atoms with Crippen molar-refractivity contribution >= 4 is 11.8 Å². The molecule has 0 unspecified atom stereocenters. The number of methoxy groups -OCH3 is 1. The van der Waals surface area contributed by atoms with E-state index in [-0.39, 0.29) is 5.54 Å². The molecule has 1 N–H and O–H groups in total. The van der Waals surface area contributed by atoms with Crippen LogP contribution >= 0.6 is 11.8 Å². The number of hydrogen-bond acceptors (Lipinski definition) is 3. The van der Waals surface area contributed by atoms with Crippen molar-refractivity contribution in [3.63, 3.8) is 0 Å². The topological polar surface area (TPSA) is 21.3 Å². The summed E-state index contributed by atoms with van der Waals surface area (Å²) in [6.07, 6.45) is 1.11. The van der Waals surface area contributed by atoms with Gasteiger partial charge in [0, 0.05) is 36.4 Å². The number of hydrogen-bond donors (Lipinski definition) is 1. The van der Waals surface area contributed by atoms with E-state index in [1.165, 1.54) is 10.5 Å². The first-order chi connectivity index (χ1) is 8.51. The van der Waals surface area contributed by atoms with Gasteiger partial charge in [-0.2, -0.15) is 0 Å². The lowest BCUT2D eigenvalue weighted by Gasteiger charge is -2.20. The summed E-state index contributed by atoms with van der Waals surface area (Å²) in [5, 5.41) is 3.49. The zero-order valence-corrected chi connectivity index (χ0v) is 12.8. The Hall–Kier alpha value is -0.510. The maximum absolute atomic E-state index is 5.04. The fourth-order valence-corrected chi connectivity index (χ4v) is 2.29. The van der Waals surface area contributed by atoms with E-state index in [4.69, 9.17) is 4.74 Å². The molecule has 0 amide bonds. The van der Waals surface area contributed by atoms with Crippen LogP contribution in [-0.2, 0) is 11.3 Å². The molecule has 102 valence electrons. The highest BCUT2D eigenvalue weighted by atomic mass is 32.2. The molecule has 0 aromatic heterocycles. The molecule has 18 heavy (non-hydrogen) atoms. The number of rotatable bonds is 7. The lowest BCUT2D eigenvalue weighted by Crippen LogP contribution is -2.35. The van der Waals surface area contributed by atoms with Crippen molar-refractivity contribution in [1.82, 2.24) is 5.32 Å². The molecule has 1 aromatic carbocycles. The number of ether oxygens (including phenoxy) is 1. The fraction of sp³-hybridized carbons (Fsp3) is 0.600. The molecule has 0 radical (unpaired) electrons. The highest BCUT2D eigenvalue weighted by Gasteiger charge is 2.07. The molecule has 0 spiro atoms. The molecule has 0 aliphatic carbocycles. The first-order valence-corrected chi connectivity index (χ1v) is 7.45. The molecular weight excluding hydrogens is 242 g/mol. The minimum Gasteiger partial charge on any atom is -0.385 e. The minimum absolute atomic E-state index is 0.174. The summed E-state index contributed by atoms with van der Waals surface area (Å²) in [5.74, 6) is 1.12. The first-order valence-electron chi connectivity index (χ1n) is 6.47. The molecule has 0 heterocycles. The summed E-state index contributed by atoms with van der Waals surface area (Å²) < 4.78 is 5.04. The Bertz CT molecular complexity index is 329. The van der Waals surface area contributed by atoms with Gasteiger partial charge in [-0.1, -0.05) is 12.1 Å². The summed E-state index contributed by atoms with van der Waals surface area (Å²) >= 11 is 1.89. The van der Waals surface area contributed by atoms with Crippen LogP contribution < -0.4 is 5.32 Å². The van der Waals surface area contributed by atoms with Gasteiger partial charge in [0.25, 0.3) is 0 Å². The van der Waals surface area contributed by atoms with Gasteiger partial charge in [-0.15, -0.1) is 11.8 Å². The van der Waals surface area contributed by atoms with Crippen LogP contribution in [0.3, 0.4) is 0 Å². The zero-order valence-electron chi connectivity index (χ0n) is 12.0. The van der Waals surface area contributed by atoms with Gasteiger partial charge in [-0.3, -0.25) is 0 Å². The van der Waals surface area contributed by atoms with Crippen LogP contribution in [0.1, 0.15) is 32.8 Å². The van der Waals surface area contributed by atoms with Gasteiger partial charge in [-0.25, -0.2) is 0 Å². The highest BCUT2D eigenvalue weighted by Crippen LogP contribution is 2.19. The largest absolute Gasteiger partial charge is 0.385 e. The monoisotopic (exact) mass is 267 g/mol. The second-order valence-electron chi connectivity index (χ2n) is 5.44. The first kappa shape index (κ1) is 15.5. The molecule has 0 saturated heterocycles. The standard InChI is InChI=1S/C15H25NOS/c1-15(2,3)16-12-13-6-8-14(9-7-13)18-11-5-10-17-4/h6-9,16H,5,10-12H2,1-4H3. The van der Waals surface area contributed by atoms with E-state index in [1.807, 2.05) is 11.8 Å². The Morgan fingerprint density at radius 2 is 1.83 bits per heavy atom. The molecule has 0 aliphatic heterocycles. The van der Waals surface area contributed by atoms with Gasteiger partial charge >= 0.3 is 0 Å². The number of benzene rings is 1. The number of thioether (sulfide) groups is 1. The van der Waals surface area contributed by atoms with Crippen molar-refractivity contribution in [1.29, 1.82) is 0 Å². The van der Waals surface area contributed by atoms with E-state index in [0.29, 0.717) is 0 Å². The summed E-state index contributed by atoms with van der Waals surface area (Å²) in [4.78, 5) is 1.34. The van der Waals surface area contributed by atoms with Crippen LogP contribution in [0.2, 0.25) is 0 Å². The molecule has 0 saturated carbocycles. The third kappa shape index (κ3) is 7.04. The van der Waals surface area contributed by atoms with Crippen LogP contribution in [0, 0.1) is 0 Å². The van der Waals surface area contributed by atoms with E-state index >= 15 is 0 Å². The summed E-state index contributed by atoms with van der Waals surface area (Å²) in [6.45, 7) is 8.34. The Kier molecular flexibility index (Phi) is 6.76. The summed E-state index contributed by atoms with van der Waals surface area (Å²) in [6, 6.07) is 8.82. The third-order valence-corrected chi connectivity index (χ3v) is 3.61. The maximum atomic E-state index is 5.04. The normalized spacial score (nSPS) is 11.8. The van der Waals surface area contributed by atoms with Gasteiger partial charge in [0.1, 0.15) is 0 Å². The van der Waals surface area contributed by atoms with E-state index in [0.717, 1.165) is 25.3 Å². The second kappa shape index (κ2) is 7.82. The Morgan fingerprint density at radius 1 is 1.17 bits per heavy atom. The lowest BCUT2D eigenvalue weighted by atomic mass is 10.1. The van der Waals surface area contributed by atoms with Crippen LogP contribution in [-0.4, -0.2) is 25.0 Å². The van der Waals surface area contributed by atoms with Crippen molar-refractivity contribution < 1.29 is 4.74 Å². The molecule has 0 fully saturated rings. The minimum atomic E-state index is 0.174. The van der Waals surface area contributed by atoms with Crippen LogP contribution in [0.5, 0.6) is 0 Å². The maximum Gasteiger partial charge on any atom is 0.0470 e. The molecule has 3 heteroatoms. The van der Waals surface area contributed by atoms with Gasteiger partial charge < -0.3 is 10.1 Å². The zero-order chi connectivity index (χ0) is 13.4. The van der Waals surface area contributed by atoms with E-state index in [2.05, 4.69) is 50.4 Å². The predicted molar refractivity (Wildman–Crippen MR) is 80.3 cm³/mol. The molecule has 2 nitrogen and oxygen atoms in total. The second-order valence-corrected chi connectivity index (χ2v) is 6.61. The molecule has 1 aromatic rings. The molecule has 0 atom stereocenters. The smallest absolute Gasteiger partial charge is 0.0470 e. The van der Waals surface area contributed by atoms with Gasteiger partial charge in [0.2, 0.25) is 0 Å². The molecular formula is C15H25NOS. The lowest BCUT2D eigenvalue weighted by molar-refractivity contribution is 0.200. The van der Waals surface area contributed by atoms with Gasteiger partial charge in [0.15, 0.2) is 0 Å². The van der Waals surface area contributed by atoms with Gasteiger partial charge in [-0.05, 0) is 44.9 Å². The Labute approximate surface area is 116 Å². The van der Waals surface area contributed by atoms with Gasteiger partial charge in [0.05, 0.1) is 0 Å². The Morgan fingerprint density at radius 3 is 2.39 bits per heavy atom. The average molecular weight is 267 g/mol. The van der Waals surface area contributed by atoms with Crippen LogP contribution in [0.25, 0.3) is 0 Å². The number of nitrogens with one attached hydrogen (secondary N) is 1. The third-order valence-electron chi connectivity index (χ3n) is 2.51. The predicted octanol–water partition coefficient (Wildman–Crippen LogP) is 3.70. The summed E-state index contributed by atoms with van der Waals surface area (Å²) in [7, 11) is 1.75. The van der Waals surface area contributed by atoms with Crippen molar-refractivity contribution in [3.8, 4) is 0 Å². The van der Waals surface area contributed by atoms with E-state index < -0.39 is 0 Å². The van der Waals surface area contributed by atoms with E-state index in [9.17, 15) is 0 Å². The summed E-state index contributed by atoms with van der Waals surface area (Å²) in [5.41, 5.74) is 1.51. The fourth-order valence-electron chi connectivity index (χ4n) is 1.46. The molecule has 0 aliphatic rings.